The molecule has 0 fully saturated rings. The zero-order valence-corrected chi connectivity index (χ0v) is 14.6. The first-order valence-electron chi connectivity index (χ1n) is 7.92. The van der Waals surface area contributed by atoms with Gasteiger partial charge in [-0.2, -0.15) is 5.10 Å². The number of nitrogens with one attached hydrogen (secondary N) is 1. The number of amides is 1. The van der Waals surface area contributed by atoms with E-state index in [1.807, 2.05) is 48.5 Å². The summed E-state index contributed by atoms with van der Waals surface area (Å²) in [6.07, 6.45) is 4.63. The van der Waals surface area contributed by atoms with Crippen LogP contribution in [-0.4, -0.2) is 17.1 Å². The molecule has 3 rings (SSSR count). The Hall–Kier alpha value is -3.18. The molecule has 0 aliphatic heterocycles. The molecule has 2 aromatic carbocycles. The van der Waals surface area contributed by atoms with Crippen LogP contribution >= 0.6 is 11.6 Å². The van der Waals surface area contributed by atoms with Crippen molar-refractivity contribution in [2.75, 3.05) is 0 Å². The van der Waals surface area contributed by atoms with E-state index in [2.05, 4.69) is 15.5 Å². The number of hydrogen-bond acceptors (Lipinski definition) is 4. The first-order valence-corrected chi connectivity index (χ1v) is 8.30. The lowest BCUT2D eigenvalue weighted by molar-refractivity contribution is 0.0954. The van der Waals surface area contributed by atoms with Crippen molar-refractivity contribution in [2.24, 2.45) is 5.10 Å². The summed E-state index contributed by atoms with van der Waals surface area (Å²) in [6.45, 7) is 0.407. The molecule has 6 heteroatoms. The summed E-state index contributed by atoms with van der Waals surface area (Å²) < 4.78 is 5.85. The van der Waals surface area contributed by atoms with Gasteiger partial charge in [-0.15, -0.1) is 0 Å². The predicted molar refractivity (Wildman–Crippen MR) is 102 cm³/mol. The topological polar surface area (TPSA) is 63.6 Å². The Morgan fingerprint density at radius 2 is 1.92 bits per heavy atom. The third-order valence-corrected chi connectivity index (χ3v) is 3.77. The molecule has 0 aliphatic carbocycles. The summed E-state index contributed by atoms with van der Waals surface area (Å²) in [5, 5.41) is 4.68. The predicted octanol–water partition coefficient (Wildman–Crippen LogP) is 4.08. The fourth-order valence-corrected chi connectivity index (χ4v) is 2.31. The summed E-state index contributed by atoms with van der Waals surface area (Å²) in [6, 6.07) is 18.3. The van der Waals surface area contributed by atoms with Gasteiger partial charge in [0.15, 0.2) is 0 Å². The average Bonchev–Trinajstić information content (AvgIpc) is 2.69. The fourth-order valence-electron chi connectivity index (χ4n) is 2.18. The molecular weight excluding hydrogens is 350 g/mol. The highest BCUT2D eigenvalue weighted by atomic mass is 35.5. The first kappa shape index (κ1) is 17.6. The highest BCUT2D eigenvalue weighted by Gasteiger charge is 2.04. The summed E-state index contributed by atoms with van der Waals surface area (Å²) in [5.41, 5.74) is 4.68. The molecule has 0 atom stereocenters. The molecule has 0 saturated carbocycles. The molecule has 0 bridgehead atoms. The summed E-state index contributed by atoms with van der Waals surface area (Å²) >= 11 is 5.88. The van der Waals surface area contributed by atoms with Gasteiger partial charge in [0.25, 0.3) is 5.91 Å². The highest BCUT2D eigenvalue weighted by Crippen LogP contribution is 2.18. The number of carbonyl (C=O) groups is 1. The van der Waals surface area contributed by atoms with Gasteiger partial charge in [0.1, 0.15) is 12.4 Å². The maximum absolute atomic E-state index is 12.0. The van der Waals surface area contributed by atoms with E-state index >= 15 is 0 Å². The molecule has 26 heavy (non-hydrogen) atoms. The molecule has 3 aromatic rings. The van der Waals surface area contributed by atoms with Crippen LogP contribution in [0.1, 0.15) is 21.5 Å². The monoisotopic (exact) mass is 365 g/mol. The number of para-hydroxylation sites is 1. The largest absolute Gasteiger partial charge is 0.488 e. The molecule has 5 nitrogen and oxygen atoms in total. The summed E-state index contributed by atoms with van der Waals surface area (Å²) in [4.78, 5) is 15.9. The number of aromatic nitrogens is 1. The smallest absolute Gasteiger partial charge is 0.272 e. The standard InChI is InChI=1S/C20H16ClN3O2/c21-18-9-7-15(8-10-18)14-26-19-6-2-1-4-16(19)13-23-24-20(25)17-5-3-11-22-12-17/h1-13H,14H2,(H,24,25). The molecule has 0 radical (unpaired) electrons. The Labute approximate surface area is 156 Å². The lowest BCUT2D eigenvalue weighted by Crippen LogP contribution is -2.17. The molecule has 1 amide bonds. The fraction of sp³-hybridized carbons (Fsp3) is 0.0500. The number of nitrogens with zero attached hydrogens (tertiary/aromatic N) is 2. The lowest BCUT2D eigenvalue weighted by atomic mass is 10.2. The van der Waals surface area contributed by atoms with E-state index in [1.54, 1.807) is 24.5 Å². The van der Waals surface area contributed by atoms with E-state index in [-0.39, 0.29) is 5.91 Å². The minimum atomic E-state index is -0.325. The van der Waals surface area contributed by atoms with Crippen molar-refractivity contribution < 1.29 is 9.53 Å². The van der Waals surface area contributed by atoms with Gasteiger partial charge in [-0.25, -0.2) is 5.43 Å². The number of hydrazone groups is 1. The third-order valence-electron chi connectivity index (χ3n) is 3.52. The van der Waals surface area contributed by atoms with Crippen LogP contribution in [0, 0.1) is 0 Å². The van der Waals surface area contributed by atoms with Gasteiger partial charge in [0, 0.05) is 23.0 Å². The van der Waals surface area contributed by atoms with Gasteiger partial charge >= 0.3 is 0 Å². The Bertz CT molecular complexity index is 896. The van der Waals surface area contributed by atoms with Crippen LogP contribution in [-0.2, 0) is 6.61 Å². The third kappa shape index (κ3) is 4.91. The second-order valence-electron chi connectivity index (χ2n) is 5.39. The Morgan fingerprint density at radius 1 is 1.12 bits per heavy atom. The number of hydrogen-bond donors (Lipinski definition) is 1. The SMILES string of the molecule is O=C(NN=Cc1ccccc1OCc1ccc(Cl)cc1)c1cccnc1. The molecular formula is C20H16ClN3O2. The highest BCUT2D eigenvalue weighted by molar-refractivity contribution is 6.30. The van der Waals surface area contributed by atoms with Gasteiger partial charge in [0.2, 0.25) is 0 Å². The zero-order valence-electron chi connectivity index (χ0n) is 13.8. The van der Waals surface area contributed by atoms with Gasteiger partial charge in [-0.3, -0.25) is 9.78 Å². The maximum atomic E-state index is 12.0. The quantitative estimate of drug-likeness (QED) is 0.529. The van der Waals surface area contributed by atoms with Crippen molar-refractivity contribution in [1.29, 1.82) is 0 Å². The van der Waals surface area contributed by atoms with Gasteiger partial charge < -0.3 is 4.74 Å². The van der Waals surface area contributed by atoms with Gasteiger partial charge in [0.05, 0.1) is 11.8 Å². The molecule has 0 aliphatic rings. The van der Waals surface area contributed by atoms with Crippen molar-refractivity contribution >= 4 is 23.7 Å². The van der Waals surface area contributed by atoms with Crippen LogP contribution in [0.15, 0.2) is 78.2 Å². The number of halogens is 1. The van der Waals surface area contributed by atoms with Crippen LogP contribution in [0.3, 0.4) is 0 Å². The average molecular weight is 366 g/mol. The van der Waals surface area contributed by atoms with Crippen LogP contribution in [0.2, 0.25) is 5.02 Å². The second-order valence-corrected chi connectivity index (χ2v) is 5.83. The van der Waals surface area contributed by atoms with Crippen molar-refractivity contribution in [1.82, 2.24) is 10.4 Å². The number of pyridine rings is 1. The number of ether oxygens (including phenoxy) is 1. The van der Waals surface area contributed by atoms with Crippen molar-refractivity contribution in [2.45, 2.75) is 6.61 Å². The normalized spacial score (nSPS) is 10.7. The Balaban J connectivity index is 1.63. The first-order chi connectivity index (χ1) is 12.7. The van der Waals surface area contributed by atoms with Crippen molar-refractivity contribution in [3.05, 3.63) is 94.8 Å². The summed E-state index contributed by atoms with van der Waals surface area (Å²) in [5.74, 6) is 0.343. The molecule has 0 saturated heterocycles. The molecule has 1 aromatic heterocycles. The Kier molecular flexibility index (Phi) is 5.96. The van der Waals surface area contributed by atoms with Gasteiger partial charge in [-0.05, 0) is 42.0 Å². The van der Waals surface area contributed by atoms with E-state index in [0.29, 0.717) is 22.9 Å². The van der Waals surface area contributed by atoms with Crippen LogP contribution in [0.25, 0.3) is 0 Å². The maximum Gasteiger partial charge on any atom is 0.272 e. The van der Waals surface area contributed by atoms with Crippen molar-refractivity contribution in [3.8, 4) is 5.75 Å². The van der Waals surface area contributed by atoms with E-state index in [9.17, 15) is 4.79 Å². The molecule has 1 N–H and O–H groups in total. The van der Waals surface area contributed by atoms with E-state index < -0.39 is 0 Å². The number of carbonyl (C=O) groups excluding carboxylic acids is 1. The molecule has 130 valence electrons. The van der Waals surface area contributed by atoms with E-state index in [0.717, 1.165) is 11.1 Å². The summed E-state index contributed by atoms with van der Waals surface area (Å²) in [7, 11) is 0. The van der Waals surface area contributed by atoms with Crippen LogP contribution in [0.4, 0.5) is 0 Å². The van der Waals surface area contributed by atoms with Crippen molar-refractivity contribution in [3.63, 3.8) is 0 Å². The van der Waals surface area contributed by atoms with Crippen LogP contribution in [0.5, 0.6) is 5.75 Å². The molecule has 0 unspecified atom stereocenters. The molecule has 1 heterocycles. The number of rotatable bonds is 6. The minimum Gasteiger partial charge on any atom is -0.488 e. The van der Waals surface area contributed by atoms with Gasteiger partial charge in [-0.1, -0.05) is 35.9 Å². The lowest BCUT2D eigenvalue weighted by Gasteiger charge is -2.09. The number of benzene rings is 2. The zero-order chi connectivity index (χ0) is 18.2. The van der Waals surface area contributed by atoms with E-state index in [1.165, 1.54) is 6.20 Å². The molecule has 0 spiro atoms. The minimum absolute atomic E-state index is 0.325. The Morgan fingerprint density at radius 3 is 2.69 bits per heavy atom. The second kappa shape index (κ2) is 8.78. The van der Waals surface area contributed by atoms with Crippen LogP contribution < -0.4 is 10.2 Å². The van der Waals surface area contributed by atoms with E-state index in [4.69, 9.17) is 16.3 Å².